The minimum Gasteiger partial charge on any atom is -0.399 e. The zero-order valence-electron chi connectivity index (χ0n) is 31.9. The summed E-state index contributed by atoms with van der Waals surface area (Å²) < 4.78 is 24.4. The first-order valence-electron chi connectivity index (χ1n) is 17.9. The SMILES string of the molecule is CC1(C)OB(c2ccc(C(=O)NCc3cc(CNC(=O)c4ccc(B5OC(C)(C)C(C)(C)O5)cc4)cc(C(=O)ON4C(=O)CCC4=O)c3)cc2)OC1(C)C. The van der Waals surface area contributed by atoms with Crippen molar-refractivity contribution in [3.05, 3.63) is 94.5 Å². The van der Waals surface area contributed by atoms with Gasteiger partial charge in [0.2, 0.25) is 0 Å². The van der Waals surface area contributed by atoms with Crippen LogP contribution in [-0.2, 0) is 46.1 Å². The van der Waals surface area contributed by atoms with Gasteiger partial charge in [0, 0.05) is 37.1 Å². The van der Waals surface area contributed by atoms with Crippen molar-refractivity contribution in [2.75, 3.05) is 0 Å². The van der Waals surface area contributed by atoms with E-state index in [2.05, 4.69) is 10.6 Å². The molecule has 3 aromatic rings. The quantitative estimate of drug-likeness (QED) is 0.234. The predicted molar refractivity (Wildman–Crippen MR) is 200 cm³/mol. The summed E-state index contributed by atoms with van der Waals surface area (Å²) in [6.07, 6.45) is -0.102. The summed E-state index contributed by atoms with van der Waals surface area (Å²) in [6, 6.07) is 18.5. The maximum absolute atomic E-state index is 13.2. The Balaban J connectivity index is 1.13. The molecule has 3 heterocycles. The molecule has 0 aromatic heterocycles. The summed E-state index contributed by atoms with van der Waals surface area (Å²) in [6.45, 7) is 15.8. The summed E-state index contributed by atoms with van der Waals surface area (Å²) in [5, 5.41) is 6.19. The van der Waals surface area contributed by atoms with Crippen molar-refractivity contribution in [1.82, 2.24) is 15.7 Å². The number of amides is 4. The molecule has 3 saturated heterocycles. The lowest BCUT2D eigenvalue weighted by Gasteiger charge is -2.32. The molecule has 3 fully saturated rings. The van der Waals surface area contributed by atoms with Crippen LogP contribution in [0, 0.1) is 0 Å². The topological polar surface area (TPSA) is 159 Å². The predicted octanol–water partition coefficient (Wildman–Crippen LogP) is 3.37. The van der Waals surface area contributed by atoms with Gasteiger partial charge in [-0.15, -0.1) is 5.06 Å². The molecule has 4 amide bonds. The fraction of sp³-hybridized carbons (Fsp3) is 0.410. The molecule has 3 aromatic carbocycles. The summed E-state index contributed by atoms with van der Waals surface area (Å²) in [5.74, 6) is -2.89. The third-order valence-electron chi connectivity index (χ3n) is 10.8. The van der Waals surface area contributed by atoms with E-state index < -0.39 is 54.4 Å². The Hall–Kier alpha value is -4.82. The van der Waals surface area contributed by atoms with Crippen LogP contribution in [-0.4, -0.2) is 71.3 Å². The maximum Gasteiger partial charge on any atom is 0.494 e. The first-order valence-corrected chi connectivity index (χ1v) is 17.9. The van der Waals surface area contributed by atoms with Gasteiger partial charge in [-0.1, -0.05) is 30.3 Å². The molecule has 0 unspecified atom stereocenters. The van der Waals surface area contributed by atoms with Gasteiger partial charge < -0.3 is 34.1 Å². The van der Waals surface area contributed by atoms with Gasteiger partial charge in [0.1, 0.15) is 0 Å². The molecule has 54 heavy (non-hydrogen) atoms. The molecule has 0 bridgehead atoms. The Labute approximate surface area is 315 Å². The fourth-order valence-corrected chi connectivity index (χ4v) is 5.99. The molecule has 0 atom stereocenters. The van der Waals surface area contributed by atoms with Crippen molar-refractivity contribution in [1.29, 1.82) is 0 Å². The number of hydroxylamine groups is 2. The second kappa shape index (κ2) is 14.4. The van der Waals surface area contributed by atoms with Crippen LogP contribution >= 0.6 is 0 Å². The van der Waals surface area contributed by atoms with Crippen molar-refractivity contribution in [2.45, 2.75) is 104 Å². The molecule has 3 aliphatic heterocycles. The maximum atomic E-state index is 13.2. The van der Waals surface area contributed by atoms with Crippen LogP contribution in [0.3, 0.4) is 0 Å². The van der Waals surface area contributed by atoms with Gasteiger partial charge in [-0.3, -0.25) is 19.2 Å². The van der Waals surface area contributed by atoms with E-state index >= 15 is 0 Å². The molecular weight excluding hydrogens is 692 g/mol. The summed E-state index contributed by atoms with van der Waals surface area (Å²) in [7, 11) is -1.14. The van der Waals surface area contributed by atoms with E-state index in [-0.39, 0.29) is 43.3 Å². The molecule has 0 spiro atoms. The zero-order valence-corrected chi connectivity index (χ0v) is 31.9. The second-order valence-corrected chi connectivity index (χ2v) is 15.8. The molecule has 3 aliphatic rings. The van der Waals surface area contributed by atoms with Crippen LogP contribution in [0.1, 0.15) is 110 Å². The summed E-state index contributed by atoms with van der Waals surface area (Å²) >= 11 is 0. The van der Waals surface area contributed by atoms with Crippen LogP contribution in [0.4, 0.5) is 0 Å². The van der Waals surface area contributed by atoms with Crippen LogP contribution in [0.2, 0.25) is 0 Å². The molecule has 282 valence electrons. The fourth-order valence-electron chi connectivity index (χ4n) is 5.99. The number of carbonyl (C=O) groups is 5. The molecule has 0 radical (unpaired) electrons. The van der Waals surface area contributed by atoms with E-state index in [1.54, 1.807) is 54.6 Å². The van der Waals surface area contributed by atoms with E-state index in [1.165, 1.54) is 12.1 Å². The average molecular weight is 737 g/mol. The van der Waals surface area contributed by atoms with Gasteiger partial charge in [0.15, 0.2) is 0 Å². The van der Waals surface area contributed by atoms with E-state index in [4.69, 9.17) is 23.5 Å². The highest BCUT2D eigenvalue weighted by Crippen LogP contribution is 2.37. The lowest BCUT2D eigenvalue weighted by atomic mass is 9.79. The van der Waals surface area contributed by atoms with Gasteiger partial charge in [0.25, 0.3) is 23.6 Å². The van der Waals surface area contributed by atoms with Crippen molar-refractivity contribution in [3.8, 4) is 0 Å². The highest BCUT2D eigenvalue weighted by atomic mass is 16.7. The Kier molecular flexibility index (Phi) is 10.4. The number of imide groups is 1. The lowest BCUT2D eigenvalue weighted by molar-refractivity contribution is -0.172. The largest absolute Gasteiger partial charge is 0.494 e. The van der Waals surface area contributed by atoms with Gasteiger partial charge in [-0.05, 0) is 114 Å². The highest BCUT2D eigenvalue weighted by Gasteiger charge is 2.52. The van der Waals surface area contributed by atoms with E-state index in [0.29, 0.717) is 27.3 Å². The number of nitrogens with one attached hydrogen (secondary N) is 2. The lowest BCUT2D eigenvalue weighted by Crippen LogP contribution is -2.41. The van der Waals surface area contributed by atoms with E-state index in [1.807, 2.05) is 55.4 Å². The average Bonchev–Trinajstić information content (AvgIpc) is 3.64. The van der Waals surface area contributed by atoms with Gasteiger partial charge >= 0.3 is 20.2 Å². The molecule has 2 N–H and O–H groups in total. The van der Waals surface area contributed by atoms with Crippen LogP contribution in [0.15, 0.2) is 66.7 Å². The van der Waals surface area contributed by atoms with Crippen LogP contribution in [0.5, 0.6) is 0 Å². The molecule has 0 saturated carbocycles. The number of hydrogen-bond acceptors (Lipinski definition) is 10. The van der Waals surface area contributed by atoms with Crippen LogP contribution in [0.25, 0.3) is 0 Å². The van der Waals surface area contributed by atoms with Gasteiger partial charge in [-0.2, -0.15) is 0 Å². The van der Waals surface area contributed by atoms with Crippen molar-refractivity contribution in [3.63, 3.8) is 0 Å². The Bertz CT molecular complexity index is 1820. The number of carbonyl (C=O) groups excluding carboxylic acids is 5. The Morgan fingerprint density at radius 2 is 0.944 bits per heavy atom. The van der Waals surface area contributed by atoms with Crippen LogP contribution < -0.4 is 21.6 Å². The Morgan fingerprint density at radius 1 is 0.593 bits per heavy atom. The number of hydrogen-bond donors (Lipinski definition) is 2. The van der Waals surface area contributed by atoms with Crippen molar-refractivity contribution >= 4 is 54.8 Å². The molecule has 6 rings (SSSR count). The summed E-state index contributed by atoms with van der Waals surface area (Å²) in [5.41, 5.74) is 1.39. The van der Waals surface area contributed by atoms with Crippen molar-refractivity contribution < 1.29 is 47.4 Å². The zero-order chi connectivity index (χ0) is 39.2. The second-order valence-electron chi connectivity index (χ2n) is 15.8. The minimum absolute atomic E-state index is 0.0157. The number of nitrogens with zero attached hydrogens (tertiary/aromatic N) is 1. The minimum atomic E-state index is -0.934. The molecule has 0 aliphatic carbocycles. The first kappa shape index (κ1) is 38.9. The van der Waals surface area contributed by atoms with E-state index in [0.717, 1.165) is 10.9 Å². The monoisotopic (exact) mass is 737 g/mol. The van der Waals surface area contributed by atoms with Gasteiger partial charge in [0.05, 0.1) is 28.0 Å². The number of benzene rings is 3. The standard InChI is InChI=1S/C39H45B2N3O10/c1-36(2)37(3,4)52-40(51-36)29-13-9-26(10-14-29)33(47)42-22-24-19-25(21-28(20-24)35(49)50-44-31(45)17-18-32(44)46)23-43-34(48)27-11-15-30(16-12-27)41-53-38(5,6)39(7,8)54-41/h9-16,19-21H,17-18,22-23H2,1-8H3,(H,42,47)(H,43,48). The Morgan fingerprint density at radius 3 is 1.30 bits per heavy atom. The number of rotatable bonds is 10. The smallest absolute Gasteiger partial charge is 0.399 e. The normalized spacial score (nSPS) is 19.6. The highest BCUT2D eigenvalue weighted by molar-refractivity contribution is 6.62. The summed E-state index contributed by atoms with van der Waals surface area (Å²) in [4.78, 5) is 68.9. The molecular formula is C39H45B2N3O10. The third kappa shape index (κ3) is 8.00. The van der Waals surface area contributed by atoms with Crippen molar-refractivity contribution in [2.24, 2.45) is 0 Å². The van der Waals surface area contributed by atoms with E-state index in [9.17, 15) is 24.0 Å². The molecule has 13 nitrogen and oxygen atoms in total. The van der Waals surface area contributed by atoms with Gasteiger partial charge in [-0.25, -0.2) is 4.79 Å². The first-order chi connectivity index (χ1) is 25.2. The third-order valence-corrected chi connectivity index (χ3v) is 10.8. The molecule has 15 heteroatoms.